The van der Waals surface area contributed by atoms with E-state index in [0.29, 0.717) is 22.7 Å². The summed E-state index contributed by atoms with van der Waals surface area (Å²) in [5.41, 5.74) is 1.95. The highest BCUT2D eigenvalue weighted by Crippen LogP contribution is 2.38. The first-order chi connectivity index (χ1) is 9.35. The van der Waals surface area contributed by atoms with E-state index < -0.39 is 15.9 Å². The standard InChI is InChI=1S/C13H14ClNO4S/c14-10-5-11-8(4-12(16)15-11)3-9(10)13(17)7-1-2-20(18,19)6-7/h3,5,7,13,17H,1-2,4,6H2,(H,15,16). The molecule has 2 unspecified atom stereocenters. The number of hydrogen-bond donors (Lipinski definition) is 2. The number of anilines is 1. The van der Waals surface area contributed by atoms with E-state index in [0.717, 1.165) is 5.56 Å². The van der Waals surface area contributed by atoms with Gasteiger partial charge in [-0.25, -0.2) is 8.42 Å². The molecule has 7 heteroatoms. The van der Waals surface area contributed by atoms with Crippen LogP contribution in [0.25, 0.3) is 0 Å². The van der Waals surface area contributed by atoms with E-state index in [2.05, 4.69) is 5.32 Å². The van der Waals surface area contributed by atoms with E-state index >= 15 is 0 Å². The molecule has 2 heterocycles. The van der Waals surface area contributed by atoms with Gasteiger partial charge in [-0.1, -0.05) is 11.6 Å². The average molecular weight is 316 g/mol. The number of halogens is 1. The molecule has 1 aromatic carbocycles. The maximum absolute atomic E-state index is 11.5. The van der Waals surface area contributed by atoms with Crippen LogP contribution in [0.2, 0.25) is 5.02 Å². The molecular weight excluding hydrogens is 302 g/mol. The van der Waals surface area contributed by atoms with Crippen molar-refractivity contribution in [3.05, 3.63) is 28.3 Å². The second-order valence-electron chi connectivity index (χ2n) is 5.36. The summed E-state index contributed by atoms with van der Waals surface area (Å²) in [6.45, 7) is 0. The number of rotatable bonds is 2. The van der Waals surface area contributed by atoms with Crippen molar-refractivity contribution in [1.29, 1.82) is 0 Å². The molecule has 0 radical (unpaired) electrons. The molecular formula is C13H14ClNO4S. The second-order valence-corrected chi connectivity index (χ2v) is 8.00. The molecule has 2 atom stereocenters. The predicted molar refractivity (Wildman–Crippen MR) is 75.5 cm³/mol. The fourth-order valence-corrected chi connectivity index (χ4v) is 4.93. The summed E-state index contributed by atoms with van der Waals surface area (Å²) < 4.78 is 23.0. The molecule has 2 aliphatic rings. The molecule has 2 aliphatic heterocycles. The summed E-state index contributed by atoms with van der Waals surface area (Å²) in [5.74, 6) is -0.345. The van der Waals surface area contributed by atoms with Gasteiger partial charge in [-0.15, -0.1) is 0 Å². The number of carbonyl (C=O) groups excluding carboxylic acids is 1. The highest BCUT2D eigenvalue weighted by Gasteiger charge is 2.35. The van der Waals surface area contributed by atoms with E-state index in [1.54, 1.807) is 12.1 Å². The molecule has 0 saturated carbocycles. The van der Waals surface area contributed by atoms with Crippen LogP contribution in [0.3, 0.4) is 0 Å². The van der Waals surface area contributed by atoms with Crippen molar-refractivity contribution in [3.63, 3.8) is 0 Å². The number of nitrogens with one attached hydrogen (secondary N) is 1. The van der Waals surface area contributed by atoms with Gasteiger partial charge in [-0.3, -0.25) is 4.79 Å². The number of amides is 1. The molecule has 1 amide bonds. The first kappa shape index (κ1) is 13.9. The third kappa shape index (κ3) is 2.43. The van der Waals surface area contributed by atoms with Crippen LogP contribution in [0.5, 0.6) is 0 Å². The van der Waals surface area contributed by atoms with Crippen LogP contribution >= 0.6 is 11.6 Å². The predicted octanol–water partition coefficient (Wildman–Crippen LogP) is 1.30. The number of benzene rings is 1. The zero-order chi connectivity index (χ0) is 14.5. The SMILES string of the molecule is O=C1Cc2cc(C(O)C3CCS(=O)(=O)C3)c(Cl)cc2N1. The van der Waals surface area contributed by atoms with Crippen molar-refractivity contribution in [1.82, 2.24) is 0 Å². The molecule has 0 spiro atoms. The van der Waals surface area contributed by atoms with Gasteiger partial charge >= 0.3 is 0 Å². The Hall–Kier alpha value is -1.11. The van der Waals surface area contributed by atoms with E-state index in [1.165, 1.54) is 0 Å². The first-order valence-electron chi connectivity index (χ1n) is 6.36. The molecule has 108 valence electrons. The Morgan fingerprint density at radius 3 is 2.80 bits per heavy atom. The summed E-state index contributed by atoms with van der Waals surface area (Å²) in [5, 5.41) is 13.4. The molecule has 0 aliphatic carbocycles. The van der Waals surface area contributed by atoms with E-state index in [9.17, 15) is 18.3 Å². The van der Waals surface area contributed by atoms with Crippen LogP contribution < -0.4 is 5.32 Å². The van der Waals surface area contributed by atoms with Crippen LogP contribution in [-0.4, -0.2) is 30.9 Å². The van der Waals surface area contributed by atoms with Gasteiger partial charge in [0, 0.05) is 16.6 Å². The molecule has 1 fully saturated rings. The average Bonchev–Trinajstić information content (AvgIpc) is 2.88. The molecule has 2 N–H and O–H groups in total. The van der Waals surface area contributed by atoms with Crippen molar-refractivity contribution < 1.29 is 18.3 Å². The fraction of sp³-hybridized carbons (Fsp3) is 0.462. The van der Waals surface area contributed by atoms with Gasteiger partial charge in [0.1, 0.15) is 0 Å². The summed E-state index contributed by atoms with van der Waals surface area (Å²) >= 11 is 6.14. The fourth-order valence-electron chi connectivity index (χ4n) is 2.82. The minimum Gasteiger partial charge on any atom is -0.388 e. The Kier molecular flexibility index (Phi) is 3.27. The molecule has 0 bridgehead atoms. The number of aliphatic hydroxyl groups is 1. The highest BCUT2D eigenvalue weighted by molar-refractivity contribution is 7.91. The quantitative estimate of drug-likeness (QED) is 0.861. The Balaban J connectivity index is 1.91. The lowest BCUT2D eigenvalue weighted by Gasteiger charge is -2.19. The smallest absolute Gasteiger partial charge is 0.228 e. The van der Waals surface area contributed by atoms with Crippen molar-refractivity contribution in [2.45, 2.75) is 18.9 Å². The summed E-state index contributed by atoms with van der Waals surface area (Å²) in [4.78, 5) is 11.3. The molecule has 20 heavy (non-hydrogen) atoms. The number of carbonyl (C=O) groups is 1. The molecule has 1 saturated heterocycles. The highest BCUT2D eigenvalue weighted by atomic mass is 35.5. The van der Waals surface area contributed by atoms with Crippen molar-refractivity contribution >= 4 is 33.0 Å². The topological polar surface area (TPSA) is 83.5 Å². The minimum absolute atomic E-state index is 0.0151. The van der Waals surface area contributed by atoms with Gasteiger partial charge in [0.25, 0.3) is 0 Å². The van der Waals surface area contributed by atoms with E-state index in [1.807, 2.05) is 0 Å². The first-order valence-corrected chi connectivity index (χ1v) is 8.56. The van der Waals surface area contributed by atoms with Crippen LogP contribution in [0.1, 0.15) is 23.7 Å². The van der Waals surface area contributed by atoms with Gasteiger partial charge in [0.15, 0.2) is 9.84 Å². The maximum atomic E-state index is 11.5. The summed E-state index contributed by atoms with van der Waals surface area (Å²) in [7, 11) is -3.05. The number of sulfone groups is 1. The van der Waals surface area contributed by atoms with Crippen LogP contribution in [0.4, 0.5) is 5.69 Å². The lowest BCUT2D eigenvalue weighted by atomic mass is 9.93. The van der Waals surface area contributed by atoms with Crippen LogP contribution in [-0.2, 0) is 21.1 Å². The van der Waals surface area contributed by atoms with Crippen LogP contribution in [0, 0.1) is 5.92 Å². The normalized spacial score (nSPS) is 25.3. The third-order valence-corrected chi connectivity index (χ3v) is 6.00. The Labute approximate surface area is 121 Å². The lowest BCUT2D eigenvalue weighted by molar-refractivity contribution is -0.115. The van der Waals surface area contributed by atoms with E-state index in [-0.39, 0.29) is 29.8 Å². The second kappa shape index (κ2) is 4.72. The van der Waals surface area contributed by atoms with Gasteiger partial charge < -0.3 is 10.4 Å². The minimum atomic E-state index is -3.05. The number of hydrogen-bond acceptors (Lipinski definition) is 4. The Morgan fingerprint density at radius 1 is 1.40 bits per heavy atom. The van der Waals surface area contributed by atoms with Crippen molar-refractivity contribution in [3.8, 4) is 0 Å². The van der Waals surface area contributed by atoms with Gasteiger partial charge in [0.2, 0.25) is 5.91 Å². The molecule has 0 aromatic heterocycles. The van der Waals surface area contributed by atoms with Gasteiger partial charge in [0.05, 0.1) is 24.0 Å². The van der Waals surface area contributed by atoms with Gasteiger partial charge in [-0.05, 0) is 29.7 Å². The zero-order valence-electron chi connectivity index (χ0n) is 10.6. The summed E-state index contributed by atoms with van der Waals surface area (Å²) in [6.07, 6.45) is -0.218. The molecule has 1 aromatic rings. The Bertz CT molecular complexity index is 686. The number of fused-ring (bicyclic) bond motifs is 1. The van der Waals surface area contributed by atoms with E-state index in [4.69, 9.17) is 11.6 Å². The largest absolute Gasteiger partial charge is 0.388 e. The maximum Gasteiger partial charge on any atom is 0.228 e. The number of aliphatic hydroxyl groups excluding tert-OH is 1. The van der Waals surface area contributed by atoms with Crippen molar-refractivity contribution in [2.75, 3.05) is 16.8 Å². The lowest BCUT2D eigenvalue weighted by Crippen LogP contribution is -2.15. The zero-order valence-corrected chi connectivity index (χ0v) is 12.2. The summed E-state index contributed by atoms with van der Waals surface area (Å²) in [6, 6.07) is 3.31. The van der Waals surface area contributed by atoms with Gasteiger partial charge in [-0.2, -0.15) is 0 Å². The van der Waals surface area contributed by atoms with Crippen LogP contribution in [0.15, 0.2) is 12.1 Å². The third-order valence-electron chi connectivity index (χ3n) is 3.88. The Morgan fingerprint density at radius 2 is 2.15 bits per heavy atom. The monoisotopic (exact) mass is 315 g/mol. The molecule has 3 rings (SSSR count). The molecule has 5 nitrogen and oxygen atoms in total. The van der Waals surface area contributed by atoms with Crippen molar-refractivity contribution in [2.24, 2.45) is 5.92 Å².